The second kappa shape index (κ2) is 5.03. The highest BCUT2D eigenvalue weighted by Crippen LogP contribution is 2.48. The first-order valence-electron chi connectivity index (χ1n) is 7.23. The minimum Gasteiger partial charge on any atom is -0.497 e. The number of carbonyl (C=O) groups is 1. The van der Waals surface area contributed by atoms with Crippen LogP contribution in [-0.2, 0) is 9.67 Å². The summed E-state index contributed by atoms with van der Waals surface area (Å²) < 4.78 is 5.17. The van der Waals surface area contributed by atoms with Crippen molar-refractivity contribution in [3.8, 4) is 5.75 Å². The first kappa shape index (κ1) is 14.1. The molecular formula is C17H15N3O2S. The highest BCUT2D eigenvalue weighted by atomic mass is 32.2. The van der Waals surface area contributed by atoms with Gasteiger partial charge in [-0.15, -0.1) is 0 Å². The predicted octanol–water partition coefficient (Wildman–Crippen LogP) is 2.81. The van der Waals surface area contributed by atoms with E-state index in [1.54, 1.807) is 7.11 Å². The number of methoxy groups -OCH3 is 1. The number of hydrogen-bond acceptors (Lipinski definition) is 5. The van der Waals surface area contributed by atoms with Gasteiger partial charge in [0.15, 0.2) is 0 Å². The fraction of sp³-hybridized carbons (Fsp3) is 0.176. The van der Waals surface area contributed by atoms with E-state index in [9.17, 15) is 4.79 Å². The predicted molar refractivity (Wildman–Crippen MR) is 91.7 cm³/mol. The van der Waals surface area contributed by atoms with Gasteiger partial charge in [0.1, 0.15) is 10.8 Å². The maximum atomic E-state index is 12.6. The first-order chi connectivity index (χ1) is 11.1. The van der Waals surface area contributed by atoms with Gasteiger partial charge in [0.05, 0.1) is 7.11 Å². The van der Waals surface area contributed by atoms with Crippen LogP contribution in [0.5, 0.6) is 5.75 Å². The molecule has 0 saturated heterocycles. The lowest BCUT2D eigenvalue weighted by atomic mass is 10.1. The van der Waals surface area contributed by atoms with Crippen molar-refractivity contribution in [1.82, 2.24) is 5.43 Å². The molecule has 0 fully saturated rings. The topological polar surface area (TPSA) is 62.7 Å². The lowest BCUT2D eigenvalue weighted by Crippen LogP contribution is -2.39. The Bertz CT molecular complexity index is 832. The molecule has 1 amide bonds. The molecule has 2 aromatic carbocycles. The zero-order chi connectivity index (χ0) is 16.0. The highest BCUT2D eigenvalue weighted by Gasteiger charge is 2.51. The molecule has 0 aliphatic carbocycles. The van der Waals surface area contributed by atoms with Gasteiger partial charge in [-0.25, -0.2) is 0 Å². The fourth-order valence-corrected chi connectivity index (χ4v) is 3.95. The van der Waals surface area contributed by atoms with Crippen LogP contribution in [0.25, 0.3) is 0 Å². The number of carbonyl (C=O) groups excluding carboxylic acids is 1. The van der Waals surface area contributed by atoms with E-state index in [0.29, 0.717) is 0 Å². The number of aryl methyl sites for hydroxylation is 1. The van der Waals surface area contributed by atoms with Crippen molar-refractivity contribution in [2.24, 2.45) is 5.10 Å². The summed E-state index contributed by atoms with van der Waals surface area (Å²) in [5.74, 6) is 0.704. The van der Waals surface area contributed by atoms with Gasteiger partial charge < -0.3 is 10.1 Å². The van der Waals surface area contributed by atoms with E-state index in [1.807, 2.05) is 49.4 Å². The Morgan fingerprint density at radius 3 is 2.70 bits per heavy atom. The number of thioether (sulfide) groups is 1. The molecule has 2 N–H and O–H groups in total. The molecule has 1 atom stereocenters. The summed E-state index contributed by atoms with van der Waals surface area (Å²) in [7, 11) is 1.63. The molecule has 0 saturated carbocycles. The van der Waals surface area contributed by atoms with Crippen molar-refractivity contribution in [2.75, 3.05) is 12.4 Å². The Kier molecular flexibility index (Phi) is 3.09. The maximum Gasteiger partial charge on any atom is 0.267 e. The number of nitrogens with zero attached hydrogens (tertiary/aromatic N) is 1. The maximum absolute atomic E-state index is 12.6. The molecule has 0 radical (unpaired) electrons. The third kappa shape index (κ3) is 2.09. The van der Waals surface area contributed by atoms with Crippen molar-refractivity contribution >= 4 is 28.4 Å². The van der Waals surface area contributed by atoms with Gasteiger partial charge in [-0.3, -0.25) is 10.2 Å². The third-order valence-corrected chi connectivity index (χ3v) is 5.35. The number of benzene rings is 2. The molecular weight excluding hydrogens is 310 g/mol. The van der Waals surface area contributed by atoms with Crippen LogP contribution in [0, 0.1) is 6.92 Å². The molecule has 2 aliphatic rings. The van der Waals surface area contributed by atoms with Crippen molar-refractivity contribution in [1.29, 1.82) is 0 Å². The van der Waals surface area contributed by atoms with Crippen molar-refractivity contribution in [3.05, 3.63) is 59.2 Å². The van der Waals surface area contributed by atoms with Gasteiger partial charge in [-0.1, -0.05) is 23.9 Å². The average molecular weight is 325 g/mol. The van der Waals surface area contributed by atoms with E-state index < -0.39 is 4.87 Å². The van der Waals surface area contributed by atoms with E-state index in [-0.39, 0.29) is 5.91 Å². The second-order valence-electron chi connectivity index (χ2n) is 5.54. The number of hydrazone groups is 1. The van der Waals surface area contributed by atoms with E-state index >= 15 is 0 Å². The van der Waals surface area contributed by atoms with Gasteiger partial charge in [-0.05, 0) is 42.8 Å². The van der Waals surface area contributed by atoms with Crippen LogP contribution in [0.15, 0.2) is 47.6 Å². The monoisotopic (exact) mass is 325 g/mol. The number of fused-ring (bicyclic) bond motifs is 2. The molecule has 0 bridgehead atoms. The van der Waals surface area contributed by atoms with E-state index in [2.05, 4.69) is 15.8 Å². The fourth-order valence-electron chi connectivity index (χ4n) is 2.79. The zero-order valence-electron chi connectivity index (χ0n) is 12.7. The van der Waals surface area contributed by atoms with Crippen molar-refractivity contribution in [3.63, 3.8) is 0 Å². The Hall–Kier alpha value is -2.47. The molecule has 2 heterocycles. The SMILES string of the molecule is COc1ccc(C2=NNC3(S2)C(=O)Nc2cc(C)ccc23)cc1. The second-order valence-corrected chi connectivity index (χ2v) is 6.75. The highest BCUT2D eigenvalue weighted by molar-refractivity contribution is 8.16. The minimum absolute atomic E-state index is 0.0876. The largest absolute Gasteiger partial charge is 0.497 e. The van der Waals surface area contributed by atoms with Crippen LogP contribution in [0.2, 0.25) is 0 Å². The average Bonchev–Trinajstić information content (AvgIpc) is 3.11. The summed E-state index contributed by atoms with van der Waals surface area (Å²) in [6, 6.07) is 13.6. The molecule has 1 spiro atoms. The van der Waals surface area contributed by atoms with Gasteiger partial charge in [0, 0.05) is 16.8 Å². The molecule has 6 heteroatoms. The standard InChI is InChI=1S/C17H15N3O2S/c1-10-3-8-13-14(9-10)18-16(21)17(13)20-19-15(23-17)11-4-6-12(22-2)7-5-11/h3-9,20H,1-2H3,(H,18,21). The third-order valence-electron chi connectivity index (χ3n) is 4.02. The lowest BCUT2D eigenvalue weighted by Gasteiger charge is -2.19. The van der Waals surface area contributed by atoms with Crippen LogP contribution in [0.1, 0.15) is 16.7 Å². The smallest absolute Gasteiger partial charge is 0.267 e. The molecule has 2 aliphatic heterocycles. The van der Waals surface area contributed by atoms with Crippen molar-refractivity contribution < 1.29 is 9.53 Å². The minimum atomic E-state index is -0.877. The van der Waals surface area contributed by atoms with Gasteiger partial charge in [0.2, 0.25) is 4.87 Å². The van der Waals surface area contributed by atoms with E-state index in [1.165, 1.54) is 11.8 Å². The number of amides is 1. The molecule has 4 rings (SSSR count). The summed E-state index contributed by atoms with van der Waals surface area (Å²) in [5.41, 5.74) is 6.88. The Balaban J connectivity index is 1.68. The number of ether oxygens (including phenoxy) is 1. The molecule has 0 aromatic heterocycles. The molecule has 1 unspecified atom stereocenters. The molecule has 2 aromatic rings. The molecule has 5 nitrogen and oxygen atoms in total. The molecule has 116 valence electrons. The van der Waals surface area contributed by atoms with E-state index in [4.69, 9.17) is 4.74 Å². The summed E-state index contributed by atoms with van der Waals surface area (Å²) in [6.45, 7) is 2.01. The Labute approximate surface area is 138 Å². The normalized spacial score (nSPS) is 21.7. The van der Waals surface area contributed by atoms with Gasteiger partial charge in [0.25, 0.3) is 5.91 Å². The van der Waals surface area contributed by atoms with Gasteiger partial charge >= 0.3 is 0 Å². The number of anilines is 1. The quantitative estimate of drug-likeness (QED) is 0.891. The summed E-state index contributed by atoms with van der Waals surface area (Å²) in [5, 5.41) is 8.13. The van der Waals surface area contributed by atoms with Crippen LogP contribution in [0.3, 0.4) is 0 Å². The summed E-state index contributed by atoms with van der Waals surface area (Å²) >= 11 is 1.43. The van der Waals surface area contributed by atoms with E-state index in [0.717, 1.165) is 33.2 Å². The van der Waals surface area contributed by atoms with Crippen LogP contribution in [-0.4, -0.2) is 18.1 Å². The van der Waals surface area contributed by atoms with Crippen LogP contribution in [0.4, 0.5) is 5.69 Å². The Morgan fingerprint density at radius 2 is 1.96 bits per heavy atom. The summed E-state index contributed by atoms with van der Waals surface area (Å²) in [6.07, 6.45) is 0. The number of rotatable bonds is 2. The van der Waals surface area contributed by atoms with Gasteiger partial charge in [-0.2, -0.15) is 5.10 Å². The summed E-state index contributed by atoms with van der Waals surface area (Å²) in [4.78, 5) is 11.7. The van der Waals surface area contributed by atoms with Crippen LogP contribution >= 0.6 is 11.8 Å². The van der Waals surface area contributed by atoms with Crippen molar-refractivity contribution in [2.45, 2.75) is 11.8 Å². The zero-order valence-corrected chi connectivity index (χ0v) is 13.5. The Morgan fingerprint density at radius 1 is 1.17 bits per heavy atom. The van der Waals surface area contributed by atoms with Crippen LogP contribution < -0.4 is 15.5 Å². The molecule has 23 heavy (non-hydrogen) atoms. The first-order valence-corrected chi connectivity index (χ1v) is 8.05. The number of hydrogen-bond donors (Lipinski definition) is 2. The lowest BCUT2D eigenvalue weighted by molar-refractivity contribution is -0.118. The number of nitrogens with one attached hydrogen (secondary N) is 2.